The maximum atomic E-state index is 10.9. The zero-order chi connectivity index (χ0) is 16.6. The fourth-order valence-corrected chi connectivity index (χ4v) is 3.46. The fraction of sp³-hybridized carbons (Fsp3) is 0.643. The van der Waals surface area contributed by atoms with Crippen molar-refractivity contribution in [3.8, 4) is 0 Å². The number of nitrogens with one attached hydrogen (secondary N) is 3. The number of guanidine groups is 1. The van der Waals surface area contributed by atoms with Crippen LogP contribution in [-0.2, 0) is 16.4 Å². The van der Waals surface area contributed by atoms with Gasteiger partial charge in [0, 0.05) is 42.4 Å². The van der Waals surface area contributed by atoms with E-state index in [0.29, 0.717) is 19.5 Å². The third-order valence-corrected chi connectivity index (χ3v) is 4.67. The van der Waals surface area contributed by atoms with Gasteiger partial charge in [-0.3, -0.25) is 4.99 Å². The molecule has 6 nitrogen and oxygen atoms in total. The van der Waals surface area contributed by atoms with Crippen molar-refractivity contribution in [3.63, 3.8) is 0 Å². The van der Waals surface area contributed by atoms with E-state index in [1.165, 1.54) is 9.75 Å². The lowest BCUT2D eigenvalue weighted by Gasteiger charge is -2.17. The highest BCUT2D eigenvalue weighted by Crippen LogP contribution is 2.16. The highest BCUT2D eigenvalue weighted by molar-refractivity contribution is 14.0. The zero-order valence-corrected chi connectivity index (χ0v) is 18.0. The minimum Gasteiger partial charge on any atom is -0.356 e. The number of nitrogens with zero attached hydrogens (tertiary/aromatic N) is 1. The van der Waals surface area contributed by atoms with Gasteiger partial charge in [-0.05, 0) is 32.4 Å². The predicted octanol–water partition coefficient (Wildman–Crippen LogP) is 1.71. The number of rotatable bonds is 8. The Labute approximate surface area is 160 Å². The molecule has 0 aromatic carbocycles. The maximum absolute atomic E-state index is 10.9. The molecule has 0 saturated heterocycles. The zero-order valence-electron chi connectivity index (χ0n) is 14.0. The van der Waals surface area contributed by atoms with Gasteiger partial charge in [0.05, 0.1) is 6.26 Å². The Bertz CT molecular complexity index is 587. The summed E-state index contributed by atoms with van der Waals surface area (Å²) in [5, 5.41) is 6.52. The van der Waals surface area contributed by atoms with Crippen molar-refractivity contribution < 1.29 is 8.42 Å². The molecule has 0 amide bonds. The Hall–Kier alpha value is -0.390. The summed E-state index contributed by atoms with van der Waals surface area (Å²) in [6, 6.07) is 4.57. The van der Waals surface area contributed by atoms with Crippen LogP contribution in [0, 0.1) is 6.92 Å². The second-order valence-corrected chi connectivity index (χ2v) is 8.49. The van der Waals surface area contributed by atoms with Crippen LogP contribution in [0.25, 0.3) is 0 Å². The predicted molar refractivity (Wildman–Crippen MR) is 110 cm³/mol. The van der Waals surface area contributed by atoms with Crippen LogP contribution < -0.4 is 15.4 Å². The van der Waals surface area contributed by atoms with E-state index in [1.807, 2.05) is 11.3 Å². The molecule has 0 aliphatic carbocycles. The van der Waals surface area contributed by atoms with Crippen LogP contribution in [0.5, 0.6) is 0 Å². The second kappa shape index (κ2) is 11.2. The highest BCUT2D eigenvalue weighted by atomic mass is 127. The smallest absolute Gasteiger partial charge is 0.208 e. The summed E-state index contributed by atoms with van der Waals surface area (Å²) in [7, 11) is -1.38. The van der Waals surface area contributed by atoms with Crippen molar-refractivity contribution in [2.45, 2.75) is 32.7 Å². The molecule has 1 heterocycles. The van der Waals surface area contributed by atoms with Crippen molar-refractivity contribution in [2.75, 3.05) is 26.4 Å². The Morgan fingerprint density at radius 3 is 2.57 bits per heavy atom. The lowest BCUT2D eigenvalue weighted by Crippen LogP contribution is -2.43. The molecule has 1 atom stereocenters. The average Bonchev–Trinajstić information content (AvgIpc) is 2.80. The number of thiophene rings is 1. The van der Waals surface area contributed by atoms with Crippen LogP contribution in [0.4, 0.5) is 0 Å². The highest BCUT2D eigenvalue weighted by Gasteiger charge is 2.07. The Kier molecular flexibility index (Phi) is 11.0. The first-order valence-electron chi connectivity index (χ1n) is 7.27. The lowest BCUT2D eigenvalue weighted by atomic mass is 10.2. The molecule has 1 aromatic rings. The van der Waals surface area contributed by atoms with E-state index in [-0.39, 0.29) is 30.0 Å². The molecule has 9 heteroatoms. The summed E-state index contributed by atoms with van der Waals surface area (Å²) >= 11 is 1.81. The molecule has 0 radical (unpaired) electrons. The van der Waals surface area contributed by atoms with Gasteiger partial charge in [0.15, 0.2) is 5.96 Å². The van der Waals surface area contributed by atoms with Crippen LogP contribution in [0.3, 0.4) is 0 Å². The van der Waals surface area contributed by atoms with Crippen LogP contribution in [-0.4, -0.2) is 46.8 Å². The first-order chi connectivity index (χ1) is 10.3. The van der Waals surface area contributed by atoms with Crippen molar-refractivity contribution in [1.29, 1.82) is 0 Å². The molecule has 0 spiro atoms. The van der Waals surface area contributed by atoms with E-state index >= 15 is 0 Å². The Morgan fingerprint density at radius 1 is 1.35 bits per heavy atom. The summed E-state index contributed by atoms with van der Waals surface area (Å²) < 4.78 is 24.3. The molecule has 3 N–H and O–H groups in total. The van der Waals surface area contributed by atoms with Crippen LogP contribution in [0.2, 0.25) is 0 Å². The normalized spacial score (nSPS) is 13.3. The van der Waals surface area contributed by atoms with Gasteiger partial charge in [-0.2, -0.15) is 0 Å². The van der Waals surface area contributed by atoms with E-state index in [1.54, 1.807) is 7.05 Å². The molecule has 0 aliphatic rings. The molecule has 134 valence electrons. The van der Waals surface area contributed by atoms with Crippen LogP contribution >= 0.6 is 35.3 Å². The standard InChI is InChI=1S/C14H26N4O2S2.HI/c1-11(10-13-7-6-12(2)21-13)18-14(15-3)16-8-5-9-17-22(4,19)20;/h6-7,11,17H,5,8-10H2,1-4H3,(H2,15,16,18);1H. The fourth-order valence-electron chi connectivity index (χ4n) is 1.93. The maximum Gasteiger partial charge on any atom is 0.208 e. The molecule has 0 aliphatic heterocycles. The molecular weight excluding hydrogens is 447 g/mol. The monoisotopic (exact) mass is 474 g/mol. The molecule has 23 heavy (non-hydrogen) atoms. The summed E-state index contributed by atoms with van der Waals surface area (Å²) in [5.41, 5.74) is 0. The molecule has 0 bridgehead atoms. The number of sulfonamides is 1. The van der Waals surface area contributed by atoms with E-state index < -0.39 is 10.0 Å². The summed E-state index contributed by atoms with van der Waals surface area (Å²) in [5.74, 6) is 0.736. The van der Waals surface area contributed by atoms with Crippen molar-refractivity contribution in [1.82, 2.24) is 15.4 Å². The van der Waals surface area contributed by atoms with Crippen LogP contribution in [0.1, 0.15) is 23.1 Å². The van der Waals surface area contributed by atoms with Gasteiger partial charge in [-0.1, -0.05) is 0 Å². The number of hydrogen-bond donors (Lipinski definition) is 3. The van der Waals surface area contributed by atoms with E-state index in [9.17, 15) is 8.42 Å². The minimum atomic E-state index is -3.10. The largest absolute Gasteiger partial charge is 0.356 e. The van der Waals surface area contributed by atoms with E-state index in [0.717, 1.165) is 18.6 Å². The molecule has 1 rings (SSSR count). The number of aryl methyl sites for hydroxylation is 1. The van der Waals surface area contributed by atoms with Gasteiger partial charge in [0.1, 0.15) is 0 Å². The van der Waals surface area contributed by atoms with Crippen LogP contribution in [0.15, 0.2) is 17.1 Å². The van der Waals surface area contributed by atoms with Crippen molar-refractivity contribution in [2.24, 2.45) is 4.99 Å². The minimum absolute atomic E-state index is 0. The molecular formula is C14H27IN4O2S2. The molecule has 0 saturated carbocycles. The summed E-state index contributed by atoms with van der Waals surface area (Å²) in [6.07, 6.45) is 2.82. The second-order valence-electron chi connectivity index (χ2n) is 5.28. The first-order valence-corrected chi connectivity index (χ1v) is 9.98. The third-order valence-electron chi connectivity index (χ3n) is 2.92. The van der Waals surface area contributed by atoms with Gasteiger partial charge in [-0.15, -0.1) is 35.3 Å². The summed E-state index contributed by atoms with van der Waals surface area (Å²) in [4.78, 5) is 6.85. The van der Waals surface area contributed by atoms with E-state index in [4.69, 9.17) is 0 Å². The number of hydrogen-bond acceptors (Lipinski definition) is 4. The lowest BCUT2D eigenvalue weighted by molar-refractivity contribution is 0.583. The quantitative estimate of drug-likeness (QED) is 0.232. The van der Waals surface area contributed by atoms with E-state index in [2.05, 4.69) is 46.3 Å². The van der Waals surface area contributed by atoms with Gasteiger partial charge >= 0.3 is 0 Å². The van der Waals surface area contributed by atoms with Gasteiger partial charge in [-0.25, -0.2) is 13.1 Å². The molecule has 1 unspecified atom stereocenters. The third kappa shape index (κ3) is 10.9. The SMILES string of the molecule is CN=C(NCCCNS(C)(=O)=O)NC(C)Cc1ccc(C)s1.I. The Balaban J connectivity index is 0.00000484. The average molecular weight is 474 g/mol. The number of halogens is 1. The molecule has 0 fully saturated rings. The summed E-state index contributed by atoms with van der Waals surface area (Å²) in [6.45, 7) is 5.31. The molecule has 1 aromatic heterocycles. The number of aliphatic imine (C=N–C) groups is 1. The Morgan fingerprint density at radius 2 is 2.04 bits per heavy atom. The van der Waals surface area contributed by atoms with Gasteiger partial charge < -0.3 is 10.6 Å². The van der Waals surface area contributed by atoms with Gasteiger partial charge in [0.2, 0.25) is 10.0 Å². The van der Waals surface area contributed by atoms with Crippen molar-refractivity contribution >= 4 is 51.3 Å². The first kappa shape index (κ1) is 22.6. The topological polar surface area (TPSA) is 82.6 Å². The van der Waals surface area contributed by atoms with Gasteiger partial charge in [0.25, 0.3) is 0 Å². The van der Waals surface area contributed by atoms with Crippen molar-refractivity contribution in [3.05, 3.63) is 21.9 Å².